The molecule has 1 fully saturated rings. The average Bonchev–Trinajstić information content (AvgIpc) is 3.52. The minimum Gasteiger partial charge on any atom is -0.454 e. The second-order valence-electron chi connectivity index (χ2n) is 10.1. The van der Waals surface area contributed by atoms with Crippen molar-refractivity contribution < 1.29 is 23.9 Å². The van der Waals surface area contributed by atoms with Crippen LogP contribution in [0.1, 0.15) is 61.0 Å². The number of rotatable bonds is 5. The number of hydrogen-bond acceptors (Lipinski definition) is 5. The topological polar surface area (TPSA) is 84.0 Å². The van der Waals surface area contributed by atoms with E-state index < -0.39 is 23.9 Å². The van der Waals surface area contributed by atoms with Crippen LogP contribution in [0.3, 0.4) is 0 Å². The molecule has 0 radical (unpaired) electrons. The van der Waals surface area contributed by atoms with Crippen LogP contribution in [0.15, 0.2) is 42.5 Å². The normalized spacial score (nSPS) is 21.5. The molecule has 0 spiro atoms. The smallest absolute Gasteiger partial charge is 0.310 e. The Labute approximate surface area is 211 Å². The Hall–Kier alpha value is -3.48. The van der Waals surface area contributed by atoms with Crippen molar-refractivity contribution in [2.45, 2.75) is 58.5 Å². The number of ether oxygens (including phenoxy) is 1. The van der Waals surface area contributed by atoms with Gasteiger partial charge in [-0.05, 0) is 68.0 Å². The fraction of sp³-hybridized carbons (Fsp3) is 0.448. The Morgan fingerprint density at radius 1 is 0.861 bits per heavy atom. The fourth-order valence-electron chi connectivity index (χ4n) is 5.91. The van der Waals surface area contributed by atoms with Crippen molar-refractivity contribution in [3.8, 4) is 0 Å². The van der Waals surface area contributed by atoms with E-state index in [-0.39, 0.29) is 17.6 Å². The summed E-state index contributed by atoms with van der Waals surface area (Å²) in [6.45, 7) is 4.35. The summed E-state index contributed by atoms with van der Waals surface area (Å²) in [4.78, 5) is 55.2. The lowest BCUT2D eigenvalue weighted by atomic mass is 9.78. The zero-order chi connectivity index (χ0) is 25.4. The summed E-state index contributed by atoms with van der Waals surface area (Å²) in [5.74, 6) is -1.76. The second-order valence-corrected chi connectivity index (χ2v) is 10.1. The quantitative estimate of drug-likeness (QED) is 0.467. The number of fused-ring (bicyclic) bond motifs is 2. The molecule has 2 aliphatic heterocycles. The molecule has 5 rings (SSSR count). The van der Waals surface area contributed by atoms with E-state index in [0.717, 1.165) is 41.8 Å². The number of benzene rings is 2. The molecule has 7 heteroatoms. The van der Waals surface area contributed by atoms with Gasteiger partial charge in [-0.2, -0.15) is 0 Å². The molecule has 188 valence electrons. The second kappa shape index (κ2) is 9.88. The summed E-state index contributed by atoms with van der Waals surface area (Å²) in [5.41, 5.74) is 4.32. The number of ketones is 1. The van der Waals surface area contributed by atoms with Crippen LogP contribution >= 0.6 is 0 Å². The molecule has 1 saturated carbocycles. The van der Waals surface area contributed by atoms with E-state index in [1.807, 2.05) is 29.2 Å². The van der Waals surface area contributed by atoms with E-state index in [9.17, 15) is 19.2 Å². The number of anilines is 2. The van der Waals surface area contributed by atoms with Crippen LogP contribution in [0.25, 0.3) is 0 Å². The van der Waals surface area contributed by atoms with Crippen molar-refractivity contribution in [3.63, 3.8) is 0 Å². The number of Topliss-reactive ketones (excluding diaryl/α,β-unsaturated/α-hetero) is 1. The van der Waals surface area contributed by atoms with Gasteiger partial charge in [0.2, 0.25) is 17.6 Å². The molecule has 0 bridgehead atoms. The molecule has 0 saturated heterocycles. The number of carbonyl (C=O) groups excluding carboxylic acids is 4. The molecule has 36 heavy (non-hydrogen) atoms. The third kappa shape index (κ3) is 4.43. The van der Waals surface area contributed by atoms with Crippen LogP contribution in [0.5, 0.6) is 0 Å². The summed E-state index contributed by atoms with van der Waals surface area (Å²) in [7, 11) is 0. The predicted molar refractivity (Wildman–Crippen MR) is 136 cm³/mol. The van der Waals surface area contributed by atoms with Gasteiger partial charge in [-0.15, -0.1) is 0 Å². The Morgan fingerprint density at radius 2 is 1.53 bits per heavy atom. The van der Waals surface area contributed by atoms with E-state index in [1.165, 1.54) is 6.92 Å². The predicted octanol–water partition coefficient (Wildman–Crippen LogP) is 4.11. The maximum absolute atomic E-state index is 13.5. The van der Waals surface area contributed by atoms with E-state index in [0.29, 0.717) is 37.9 Å². The van der Waals surface area contributed by atoms with E-state index in [2.05, 4.69) is 0 Å². The summed E-state index contributed by atoms with van der Waals surface area (Å²) in [6.07, 6.45) is 3.56. The highest BCUT2D eigenvalue weighted by Crippen LogP contribution is 2.37. The van der Waals surface area contributed by atoms with E-state index in [4.69, 9.17) is 4.74 Å². The van der Waals surface area contributed by atoms with Gasteiger partial charge in [0.15, 0.2) is 6.10 Å². The third-order valence-corrected chi connectivity index (χ3v) is 7.84. The van der Waals surface area contributed by atoms with E-state index in [1.54, 1.807) is 30.0 Å². The van der Waals surface area contributed by atoms with E-state index >= 15 is 0 Å². The molecule has 0 aromatic heterocycles. The maximum Gasteiger partial charge on any atom is 0.310 e. The average molecular weight is 489 g/mol. The standard InChI is InChI=1S/C29H32N2O5/c1-18(27(33)22-11-12-26-21(17-22)14-15-30(26)19(2)32)36-29(35)24-9-5-4-8-23(24)28(34)31-16-13-20-7-3-6-10-25(20)31/h3,6-7,10-12,17-18,23-24H,4-5,8-9,13-16H2,1-2H3/t18-,23-,24+/m0/s1. The Morgan fingerprint density at radius 3 is 2.31 bits per heavy atom. The van der Waals surface area contributed by atoms with Crippen molar-refractivity contribution >= 4 is 34.9 Å². The SMILES string of the molecule is CC(=O)N1CCc2cc(C(=O)[C@H](C)OC(=O)[C@@H]3CCCC[C@@H]3C(=O)N3CCc4ccccc43)ccc21. The first kappa shape index (κ1) is 24.2. The molecule has 2 aromatic rings. The zero-order valence-electron chi connectivity index (χ0n) is 20.9. The van der Waals surface area contributed by atoms with Gasteiger partial charge < -0.3 is 14.5 Å². The minimum absolute atomic E-state index is 0.0192. The van der Waals surface area contributed by atoms with Crippen LogP contribution in [0.4, 0.5) is 11.4 Å². The fourth-order valence-corrected chi connectivity index (χ4v) is 5.91. The highest BCUT2D eigenvalue weighted by Gasteiger charge is 2.41. The zero-order valence-corrected chi connectivity index (χ0v) is 20.9. The summed E-state index contributed by atoms with van der Waals surface area (Å²) in [5, 5.41) is 0. The lowest BCUT2D eigenvalue weighted by Crippen LogP contribution is -2.43. The summed E-state index contributed by atoms with van der Waals surface area (Å²) < 4.78 is 5.67. The minimum atomic E-state index is -0.953. The highest BCUT2D eigenvalue weighted by molar-refractivity contribution is 6.03. The van der Waals surface area contributed by atoms with Crippen LogP contribution in [0.2, 0.25) is 0 Å². The van der Waals surface area contributed by atoms with Crippen molar-refractivity contribution in [2.24, 2.45) is 11.8 Å². The number of hydrogen-bond donors (Lipinski definition) is 0. The molecule has 7 nitrogen and oxygen atoms in total. The van der Waals surface area contributed by atoms with Gasteiger partial charge in [0, 0.05) is 37.0 Å². The van der Waals surface area contributed by atoms with Crippen LogP contribution in [0, 0.1) is 11.8 Å². The van der Waals surface area contributed by atoms with Crippen LogP contribution in [-0.2, 0) is 32.0 Å². The molecule has 1 aliphatic carbocycles. The number of para-hydroxylation sites is 1. The monoisotopic (exact) mass is 488 g/mol. The van der Waals surface area contributed by atoms with Crippen molar-refractivity contribution in [3.05, 3.63) is 59.2 Å². The molecule has 3 aliphatic rings. The van der Waals surface area contributed by atoms with Gasteiger partial charge in [0.05, 0.1) is 11.8 Å². The van der Waals surface area contributed by atoms with Crippen molar-refractivity contribution in [2.75, 3.05) is 22.9 Å². The molecule has 0 N–H and O–H groups in total. The molecular weight excluding hydrogens is 456 g/mol. The van der Waals surface area contributed by atoms with Gasteiger partial charge in [-0.25, -0.2) is 0 Å². The molecule has 2 amide bonds. The number of amides is 2. The molecular formula is C29H32N2O5. The molecule has 2 heterocycles. The molecule has 3 atom stereocenters. The lowest BCUT2D eigenvalue weighted by Gasteiger charge is -2.32. The van der Waals surface area contributed by atoms with Crippen LogP contribution < -0.4 is 9.80 Å². The number of nitrogens with zero attached hydrogens (tertiary/aromatic N) is 2. The van der Waals surface area contributed by atoms with Crippen molar-refractivity contribution in [1.82, 2.24) is 0 Å². The highest BCUT2D eigenvalue weighted by atomic mass is 16.5. The molecule has 0 unspecified atom stereocenters. The molecule has 2 aromatic carbocycles. The first-order valence-corrected chi connectivity index (χ1v) is 12.9. The summed E-state index contributed by atoms with van der Waals surface area (Å²) in [6, 6.07) is 13.2. The third-order valence-electron chi connectivity index (χ3n) is 7.84. The summed E-state index contributed by atoms with van der Waals surface area (Å²) >= 11 is 0. The van der Waals surface area contributed by atoms with Gasteiger partial charge in [-0.1, -0.05) is 31.0 Å². The largest absolute Gasteiger partial charge is 0.454 e. The Bertz CT molecular complexity index is 1220. The van der Waals surface area contributed by atoms with Crippen molar-refractivity contribution in [1.29, 1.82) is 0 Å². The lowest BCUT2D eigenvalue weighted by molar-refractivity contribution is -0.156. The van der Waals surface area contributed by atoms with Gasteiger partial charge in [0.25, 0.3) is 0 Å². The first-order valence-electron chi connectivity index (χ1n) is 12.9. The van der Waals surface area contributed by atoms with Gasteiger partial charge in [0.1, 0.15) is 0 Å². The Balaban J connectivity index is 1.27. The Kier molecular flexibility index (Phi) is 6.65. The van der Waals surface area contributed by atoms with Crippen LogP contribution in [-0.4, -0.2) is 42.8 Å². The van der Waals surface area contributed by atoms with Gasteiger partial charge >= 0.3 is 5.97 Å². The number of esters is 1. The maximum atomic E-state index is 13.5. The number of carbonyl (C=O) groups is 4. The van der Waals surface area contributed by atoms with Gasteiger partial charge in [-0.3, -0.25) is 19.2 Å². The first-order chi connectivity index (χ1) is 17.3.